The maximum Gasteiger partial charge on any atom is 0.204 e. The molecule has 1 aromatic heterocycles. The van der Waals surface area contributed by atoms with Crippen LogP contribution in [0.4, 0.5) is 0 Å². The molecule has 142 valence electrons. The average Bonchev–Trinajstić information content (AvgIpc) is 3.16. The third-order valence-electron chi connectivity index (χ3n) is 5.14. The predicted octanol–water partition coefficient (Wildman–Crippen LogP) is 3.47. The molecule has 5 rings (SSSR count). The van der Waals surface area contributed by atoms with Crippen LogP contribution in [0.15, 0.2) is 61.6 Å². The summed E-state index contributed by atoms with van der Waals surface area (Å²) in [6.45, 7) is 2.46. The van der Waals surface area contributed by atoms with E-state index in [1.54, 1.807) is 42.5 Å². The van der Waals surface area contributed by atoms with Crippen LogP contribution in [0.3, 0.4) is 0 Å². The van der Waals surface area contributed by atoms with Crippen LogP contribution < -0.4 is 26.5 Å². The van der Waals surface area contributed by atoms with Gasteiger partial charge in [-0.2, -0.15) is 0 Å². The Morgan fingerprint density at radius 2 is 1.28 bits per heavy atom. The molecule has 0 aliphatic carbocycles. The number of fused-ring (bicyclic) bond motifs is 5. The van der Waals surface area contributed by atoms with E-state index >= 15 is 0 Å². The van der Waals surface area contributed by atoms with Crippen molar-refractivity contribution >= 4 is 53.1 Å². The van der Waals surface area contributed by atoms with Crippen molar-refractivity contribution in [2.45, 2.75) is 13.3 Å². The molecule has 0 unspecified atom stereocenters. The van der Waals surface area contributed by atoms with E-state index < -0.39 is 10.9 Å². The van der Waals surface area contributed by atoms with Gasteiger partial charge in [0.05, 0.1) is 26.8 Å². The fourth-order valence-electron chi connectivity index (χ4n) is 3.80. The van der Waals surface area contributed by atoms with Gasteiger partial charge in [-0.05, 0) is 24.6 Å². The minimum Gasteiger partial charge on any atom is -0.494 e. The van der Waals surface area contributed by atoms with Crippen molar-refractivity contribution in [1.82, 2.24) is 0 Å². The first-order valence-electron chi connectivity index (χ1n) is 9.24. The smallest absolute Gasteiger partial charge is 0.204 e. The van der Waals surface area contributed by atoms with Crippen molar-refractivity contribution in [3.63, 3.8) is 0 Å². The van der Waals surface area contributed by atoms with Crippen LogP contribution in [0.1, 0.15) is 13.3 Å². The van der Waals surface area contributed by atoms with Gasteiger partial charge in [-0.1, -0.05) is 31.2 Å². The Balaban J connectivity index is 2.02. The van der Waals surface area contributed by atoms with Crippen LogP contribution in [0.25, 0.3) is 41.7 Å². The first kappa shape index (κ1) is 17.7. The topological polar surface area (TPSA) is 77.5 Å². The van der Waals surface area contributed by atoms with Gasteiger partial charge < -0.3 is 4.74 Å². The highest BCUT2D eigenvalue weighted by atomic mass is 32.1. The molecule has 0 aliphatic rings. The van der Waals surface area contributed by atoms with Crippen LogP contribution in [-0.2, 0) is 0 Å². The van der Waals surface area contributed by atoms with Crippen molar-refractivity contribution < 1.29 is 4.74 Å². The van der Waals surface area contributed by atoms with E-state index in [9.17, 15) is 19.2 Å². The van der Waals surface area contributed by atoms with Crippen LogP contribution in [-0.4, -0.2) is 6.61 Å². The highest BCUT2D eigenvalue weighted by Crippen LogP contribution is 2.29. The van der Waals surface area contributed by atoms with E-state index in [0.717, 1.165) is 17.8 Å². The molecule has 0 radical (unpaired) electrons. The van der Waals surface area contributed by atoms with Crippen LogP contribution in [0.2, 0.25) is 0 Å². The third kappa shape index (κ3) is 2.39. The van der Waals surface area contributed by atoms with Crippen LogP contribution >= 0.6 is 11.3 Å². The molecule has 0 N–H and O–H groups in total. The van der Waals surface area contributed by atoms with E-state index in [-0.39, 0.29) is 47.2 Å². The van der Waals surface area contributed by atoms with Crippen molar-refractivity contribution in [3.05, 3.63) is 83.4 Å². The van der Waals surface area contributed by atoms with Gasteiger partial charge in [0.2, 0.25) is 10.9 Å². The van der Waals surface area contributed by atoms with E-state index in [0.29, 0.717) is 17.7 Å². The summed E-state index contributed by atoms with van der Waals surface area (Å²) >= 11 is 0.935. The van der Waals surface area contributed by atoms with Gasteiger partial charge in [0.15, 0.2) is 10.9 Å². The Morgan fingerprint density at radius 3 is 1.90 bits per heavy atom. The number of benzene rings is 4. The molecule has 5 aromatic rings. The first-order valence-corrected chi connectivity index (χ1v) is 10.1. The molecule has 0 spiro atoms. The van der Waals surface area contributed by atoms with Gasteiger partial charge in [0.1, 0.15) is 5.75 Å². The molecule has 0 fully saturated rings. The molecule has 4 aromatic carbocycles. The number of hydrogen-bond acceptors (Lipinski definition) is 6. The van der Waals surface area contributed by atoms with Gasteiger partial charge in [0.25, 0.3) is 0 Å². The molecule has 0 saturated heterocycles. The zero-order chi connectivity index (χ0) is 20.3. The summed E-state index contributed by atoms with van der Waals surface area (Å²) < 4.78 is 5.91. The molecular weight excluding hydrogens is 388 g/mol. The summed E-state index contributed by atoms with van der Waals surface area (Å²) in [5.41, 5.74) is -1.49. The summed E-state index contributed by atoms with van der Waals surface area (Å²) in [5.74, 6) is 0.493. The van der Waals surface area contributed by atoms with E-state index in [1.807, 2.05) is 6.92 Å². The lowest BCUT2D eigenvalue weighted by molar-refractivity contribution is 0.318. The number of rotatable bonds is 3. The summed E-state index contributed by atoms with van der Waals surface area (Å²) in [6, 6.07) is 11.3. The minimum atomic E-state index is -0.422. The summed E-state index contributed by atoms with van der Waals surface area (Å²) in [5, 5.41) is 1.13. The van der Waals surface area contributed by atoms with Crippen LogP contribution in [0, 0.1) is 0 Å². The number of hydrogen-bond donors (Lipinski definition) is 0. The minimum absolute atomic E-state index is 0.0444. The monoisotopic (exact) mass is 402 g/mol. The molecule has 1 heterocycles. The SMILES string of the molecule is CCCOc1ccc2c(=O)c3sc4c(=O)c5ccccc5c(=O)c4c3c(=O)c2c1. The molecule has 0 aliphatic heterocycles. The Morgan fingerprint density at radius 1 is 0.724 bits per heavy atom. The fourth-order valence-corrected chi connectivity index (χ4v) is 5.00. The van der Waals surface area contributed by atoms with Gasteiger partial charge in [-0.3, -0.25) is 19.2 Å². The lowest BCUT2D eigenvalue weighted by atomic mass is 10.0. The highest BCUT2D eigenvalue weighted by Gasteiger charge is 2.22. The van der Waals surface area contributed by atoms with Gasteiger partial charge in [-0.15, -0.1) is 11.3 Å². The number of ether oxygens (including phenoxy) is 1. The normalized spacial score (nSPS) is 11.8. The average molecular weight is 402 g/mol. The second-order valence-electron chi connectivity index (χ2n) is 6.93. The second kappa shape index (κ2) is 6.32. The molecule has 29 heavy (non-hydrogen) atoms. The van der Waals surface area contributed by atoms with Crippen molar-refractivity contribution in [1.29, 1.82) is 0 Å². The maximum atomic E-state index is 13.3. The molecule has 0 atom stereocenters. The van der Waals surface area contributed by atoms with Crippen molar-refractivity contribution in [2.24, 2.45) is 0 Å². The number of thiophene rings is 1. The lowest BCUT2D eigenvalue weighted by Crippen LogP contribution is -2.15. The summed E-state index contributed by atoms with van der Waals surface area (Å²) in [7, 11) is 0. The van der Waals surface area contributed by atoms with E-state index in [2.05, 4.69) is 0 Å². The fraction of sp³-hybridized carbons (Fsp3) is 0.130. The molecule has 0 amide bonds. The second-order valence-corrected chi connectivity index (χ2v) is 7.95. The third-order valence-corrected chi connectivity index (χ3v) is 6.33. The van der Waals surface area contributed by atoms with Gasteiger partial charge in [-0.25, -0.2) is 0 Å². The quantitative estimate of drug-likeness (QED) is 0.462. The highest BCUT2D eigenvalue weighted by molar-refractivity contribution is 7.25. The van der Waals surface area contributed by atoms with Crippen LogP contribution in [0.5, 0.6) is 5.75 Å². The first-order chi connectivity index (χ1) is 14.0. The Bertz CT molecular complexity index is 1670. The summed E-state index contributed by atoms with van der Waals surface area (Å²) in [6.07, 6.45) is 0.808. The molecule has 5 nitrogen and oxygen atoms in total. The molecule has 0 bridgehead atoms. The maximum absolute atomic E-state index is 13.3. The zero-order valence-corrected chi connectivity index (χ0v) is 16.2. The molecule has 6 heteroatoms. The Kier molecular flexibility index (Phi) is 3.86. The standard InChI is InChI=1S/C23H14O5S/c1-2-9-28-11-7-8-14-15(10-11)19(25)17-16-18(24)12-5-3-4-6-13(12)20(26)22(16)29-23(17)21(14)27/h3-8,10H,2,9H2,1H3. The van der Waals surface area contributed by atoms with Gasteiger partial charge >= 0.3 is 0 Å². The van der Waals surface area contributed by atoms with Crippen molar-refractivity contribution in [3.8, 4) is 5.75 Å². The van der Waals surface area contributed by atoms with E-state index in [4.69, 9.17) is 4.74 Å². The predicted molar refractivity (Wildman–Crippen MR) is 118 cm³/mol. The van der Waals surface area contributed by atoms with Gasteiger partial charge in [0, 0.05) is 21.5 Å². The summed E-state index contributed by atoms with van der Waals surface area (Å²) in [4.78, 5) is 52.5. The largest absolute Gasteiger partial charge is 0.494 e. The lowest BCUT2D eigenvalue weighted by Gasteiger charge is -2.05. The van der Waals surface area contributed by atoms with E-state index in [1.165, 1.54) is 0 Å². The Hall–Kier alpha value is -3.38. The molecular formula is C23H14O5S. The van der Waals surface area contributed by atoms with Crippen molar-refractivity contribution in [2.75, 3.05) is 6.61 Å². The molecule has 0 saturated carbocycles. The Labute approximate surface area is 167 Å². The zero-order valence-electron chi connectivity index (χ0n) is 15.4.